The van der Waals surface area contributed by atoms with Crippen LogP contribution < -0.4 is 10.6 Å². The van der Waals surface area contributed by atoms with Crippen molar-refractivity contribution in [3.63, 3.8) is 0 Å². The second-order valence-electron chi connectivity index (χ2n) is 8.18. The van der Waals surface area contributed by atoms with Crippen LogP contribution in [0.1, 0.15) is 35.1 Å². The Bertz CT molecular complexity index is 1000. The lowest BCUT2D eigenvalue weighted by Crippen LogP contribution is -2.46. The summed E-state index contributed by atoms with van der Waals surface area (Å²) in [6, 6.07) is 14.3. The summed E-state index contributed by atoms with van der Waals surface area (Å²) in [5, 5.41) is 5.66. The molecule has 2 aromatic carbocycles. The van der Waals surface area contributed by atoms with Gasteiger partial charge in [-0.3, -0.25) is 14.5 Å². The van der Waals surface area contributed by atoms with Gasteiger partial charge in [-0.1, -0.05) is 48.5 Å². The van der Waals surface area contributed by atoms with Gasteiger partial charge in [0, 0.05) is 13.2 Å². The number of ether oxygens (including phenoxy) is 1. The van der Waals surface area contributed by atoms with E-state index in [2.05, 4.69) is 10.6 Å². The van der Waals surface area contributed by atoms with Crippen molar-refractivity contribution >= 4 is 17.8 Å². The first-order chi connectivity index (χ1) is 14.9. The SMILES string of the molecule is Cc1ccc([C@]2(c3ccccc3)NC(=O)N(CC(=O)NC[C@H]3CCCO3)C2=O)cc1C. The molecule has 2 aliphatic heterocycles. The molecule has 0 unspecified atom stereocenters. The van der Waals surface area contributed by atoms with Crippen molar-refractivity contribution < 1.29 is 19.1 Å². The van der Waals surface area contributed by atoms with Crippen LogP contribution in [0.25, 0.3) is 0 Å². The molecule has 0 aromatic heterocycles. The number of aryl methyl sites for hydroxylation is 2. The Kier molecular flexibility index (Phi) is 5.78. The van der Waals surface area contributed by atoms with Crippen LogP contribution >= 0.6 is 0 Å². The largest absolute Gasteiger partial charge is 0.376 e. The van der Waals surface area contributed by atoms with Gasteiger partial charge in [-0.15, -0.1) is 0 Å². The van der Waals surface area contributed by atoms with E-state index in [9.17, 15) is 14.4 Å². The molecule has 4 rings (SSSR count). The summed E-state index contributed by atoms with van der Waals surface area (Å²) in [6.07, 6.45) is 1.86. The fraction of sp³-hybridized carbons (Fsp3) is 0.375. The van der Waals surface area contributed by atoms with Crippen LogP contribution in [0.5, 0.6) is 0 Å². The van der Waals surface area contributed by atoms with Crippen LogP contribution in [0.2, 0.25) is 0 Å². The zero-order valence-corrected chi connectivity index (χ0v) is 17.8. The normalized spacial score (nSPS) is 23.2. The molecule has 4 amide bonds. The van der Waals surface area contributed by atoms with Crippen LogP contribution in [0.4, 0.5) is 4.79 Å². The summed E-state index contributed by atoms with van der Waals surface area (Å²) in [5.74, 6) is -0.845. The average Bonchev–Trinajstić information content (AvgIpc) is 3.38. The number of benzene rings is 2. The fourth-order valence-electron chi connectivity index (χ4n) is 4.17. The van der Waals surface area contributed by atoms with Crippen LogP contribution in [0.3, 0.4) is 0 Å². The topological polar surface area (TPSA) is 87.7 Å². The summed E-state index contributed by atoms with van der Waals surface area (Å²) in [6.45, 7) is 4.70. The summed E-state index contributed by atoms with van der Waals surface area (Å²) >= 11 is 0. The molecule has 31 heavy (non-hydrogen) atoms. The van der Waals surface area contributed by atoms with Crippen molar-refractivity contribution in [2.75, 3.05) is 19.7 Å². The molecule has 7 heteroatoms. The van der Waals surface area contributed by atoms with E-state index >= 15 is 0 Å². The molecule has 0 saturated carbocycles. The number of rotatable bonds is 6. The van der Waals surface area contributed by atoms with E-state index in [1.807, 2.05) is 62.4 Å². The average molecular weight is 421 g/mol. The van der Waals surface area contributed by atoms with Gasteiger partial charge in [-0.25, -0.2) is 4.79 Å². The minimum Gasteiger partial charge on any atom is -0.376 e. The summed E-state index contributed by atoms with van der Waals surface area (Å²) in [5.41, 5.74) is 2.06. The molecule has 2 fully saturated rings. The van der Waals surface area contributed by atoms with Crippen LogP contribution in [-0.4, -0.2) is 48.5 Å². The zero-order chi connectivity index (χ0) is 22.0. The Labute approximate surface area is 181 Å². The van der Waals surface area contributed by atoms with Crippen LogP contribution in [-0.2, 0) is 19.9 Å². The molecule has 2 aromatic rings. The number of nitrogens with one attached hydrogen (secondary N) is 2. The van der Waals surface area contributed by atoms with Gasteiger partial charge in [0.25, 0.3) is 5.91 Å². The molecule has 0 spiro atoms. The number of carbonyl (C=O) groups is 3. The Morgan fingerprint density at radius 3 is 2.58 bits per heavy atom. The van der Waals surface area contributed by atoms with E-state index < -0.39 is 17.5 Å². The highest BCUT2D eigenvalue weighted by atomic mass is 16.5. The van der Waals surface area contributed by atoms with E-state index in [4.69, 9.17) is 4.74 Å². The second kappa shape index (κ2) is 8.51. The van der Waals surface area contributed by atoms with Gasteiger partial charge in [0.05, 0.1) is 6.10 Å². The third-order valence-corrected chi connectivity index (χ3v) is 6.10. The van der Waals surface area contributed by atoms with Gasteiger partial charge in [0.1, 0.15) is 6.54 Å². The highest BCUT2D eigenvalue weighted by Gasteiger charge is 2.54. The molecule has 7 nitrogen and oxygen atoms in total. The number of carbonyl (C=O) groups excluding carboxylic acids is 3. The molecular weight excluding hydrogens is 394 g/mol. The predicted molar refractivity (Wildman–Crippen MR) is 115 cm³/mol. The van der Waals surface area contributed by atoms with Crippen molar-refractivity contribution in [3.05, 3.63) is 70.8 Å². The van der Waals surface area contributed by atoms with Crippen molar-refractivity contribution in [2.45, 2.75) is 38.3 Å². The predicted octanol–water partition coefficient (Wildman–Crippen LogP) is 2.39. The molecule has 0 aliphatic carbocycles. The Morgan fingerprint density at radius 2 is 1.90 bits per heavy atom. The molecule has 2 atom stereocenters. The van der Waals surface area contributed by atoms with Gasteiger partial charge < -0.3 is 15.4 Å². The Morgan fingerprint density at radius 1 is 1.13 bits per heavy atom. The molecule has 2 saturated heterocycles. The maximum atomic E-state index is 13.7. The molecule has 0 radical (unpaired) electrons. The van der Waals surface area contributed by atoms with E-state index in [0.717, 1.165) is 28.9 Å². The van der Waals surface area contributed by atoms with Gasteiger partial charge in [0.15, 0.2) is 5.54 Å². The first kappa shape index (κ1) is 21.1. The van der Waals surface area contributed by atoms with Crippen molar-refractivity contribution in [1.29, 1.82) is 0 Å². The van der Waals surface area contributed by atoms with Crippen molar-refractivity contribution in [2.24, 2.45) is 0 Å². The molecule has 162 valence electrons. The standard InChI is InChI=1S/C24H27N3O4/c1-16-10-11-19(13-17(16)2)24(18-7-4-3-5-8-18)22(29)27(23(30)26-24)15-21(28)25-14-20-9-6-12-31-20/h3-5,7-8,10-11,13,20H,6,9,12,14-15H2,1-2H3,(H,25,28)(H,26,30)/t20-,24+/m1/s1. The summed E-state index contributed by atoms with van der Waals surface area (Å²) in [7, 11) is 0. The fourth-order valence-corrected chi connectivity index (χ4v) is 4.17. The summed E-state index contributed by atoms with van der Waals surface area (Å²) < 4.78 is 5.51. The van der Waals surface area contributed by atoms with Gasteiger partial charge in [-0.2, -0.15) is 0 Å². The highest BCUT2D eigenvalue weighted by Crippen LogP contribution is 2.36. The van der Waals surface area contributed by atoms with E-state index in [1.54, 1.807) is 0 Å². The Hall–Kier alpha value is -3.19. The lowest BCUT2D eigenvalue weighted by Gasteiger charge is -2.28. The maximum Gasteiger partial charge on any atom is 0.326 e. The van der Waals surface area contributed by atoms with E-state index in [-0.39, 0.29) is 18.6 Å². The second-order valence-corrected chi connectivity index (χ2v) is 8.18. The van der Waals surface area contributed by atoms with Gasteiger partial charge in [-0.05, 0) is 48.9 Å². The maximum absolute atomic E-state index is 13.7. The molecule has 2 heterocycles. The van der Waals surface area contributed by atoms with Crippen LogP contribution in [0.15, 0.2) is 48.5 Å². The van der Waals surface area contributed by atoms with E-state index in [0.29, 0.717) is 24.3 Å². The number of amides is 4. The molecule has 2 aliphatic rings. The quantitative estimate of drug-likeness (QED) is 0.701. The minimum absolute atomic E-state index is 0.00833. The van der Waals surface area contributed by atoms with Gasteiger partial charge in [0.2, 0.25) is 5.91 Å². The first-order valence-corrected chi connectivity index (χ1v) is 10.6. The van der Waals surface area contributed by atoms with E-state index in [1.165, 1.54) is 0 Å². The first-order valence-electron chi connectivity index (χ1n) is 10.6. The Balaban J connectivity index is 1.62. The van der Waals surface area contributed by atoms with Crippen molar-refractivity contribution in [3.8, 4) is 0 Å². The summed E-state index contributed by atoms with van der Waals surface area (Å²) in [4.78, 5) is 40.0. The highest BCUT2D eigenvalue weighted by molar-refractivity contribution is 6.11. The lowest BCUT2D eigenvalue weighted by molar-refractivity contribution is -0.134. The number of hydrogen-bond donors (Lipinski definition) is 2. The van der Waals surface area contributed by atoms with Gasteiger partial charge >= 0.3 is 6.03 Å². The minimum atomic E-state index is -1.37. The monoisotopic (exact) mass is 421 g/mol. The third-order valence-electron chi connectivity index (χ3n) is 6.10. The smallest absolute Gasteiger partial charge is 0.326 e. The molecule has 2 N–H and O–H groups in total. The van der Waals surface area contributed by atoms with Crippen molar-refractivity contribution in [1.82, 2.24) is 15.5 Å². The number of imide groups is 1. The number of nitrogens with zero attached hydrogens (tertiary/aromatic N) is 1. The molecule has 0 bridgehead atoms. The van der Waals surface area contributed by atoms with Crippen LogP contribution in [0, 0.1) is 13.8 Å². The number of urea groups is 1. The molecular formula is C24H27N3O4. The number of hydrogen-bond acceptors (Lipinski definition) is 4. The third kappa shape index (κ3) is 3.93. The lowest BCUT2D eigenvalue weighted by atomic mass is 9.81. The zero-order valence-electron chi connectivity index (χ0n) is 17.8.